The number of nitrogen functional groups attached to an aromatic ring is 1. The number of aliphatic carboxylic acids is 1. The highest BCUT2D eigenvalue weighted by Crippen LogP contribution is 2.28. The molecule has 0 fully saturated rings. The van der Waals surface area contributed by atoms with E-state index in [1.807, 2.05) is 30.3 Å². The number of nitrogens with two attached hydrogens (primary N) is 1. The Balaban J connectivity index is 1.65. The van der Waals surface area contributed by atoms with Gasteiger partial charge in [-0.15, -0.1) is 0 Å². The number of rotatable bonds is 4. The molecule has 31 heavy (non-hydrogen) atoms. The normalized spacial score (nSPS) is 11.2. The van der Waals surface area contributed by atoms with Gasteiger partial charge in [-0.05, 0) is 28.7 Å². The molecule has 0 bridgehead atoms. The fraction of sp³-hybridized carbons (Fsp3) is 0.0435. The molecule has 7 nitrogen and oxygen atoms in total. The zero-order valence-electron chi connectivity index (χ0n) is 16.4. The number of carboxylic acid groups (broad SMARTS) is 1. The molecular formula is C23H16BN5O2. The number of fused-ring (bicyclic) bond motifs is 2. The van der Waals surface area contributed by atoms with Crippen LogP contribution in [0.1, 0.15) is 5.56 Å². The first kappa shape index (κ1) is 18.8. The van der Waals surface area contributed by atoms with Gasteiger partial charge in [-0.1, -0.05) is 42.5 Å². The van der Waals surface area contributed by atoms with Crippen molar-refractivity contribution in [2.75, 3.05) is 5.73 Å². The highest BCUT2D eigenvalue weighted by Gasteiger charge is 2.16. The fourth-order valence-corrected chi connectivity index (χ4v) is 3.62. The van der Waals surface area contributed by atoms with Crippen LogP contribution in [0.25, 0.3) is 38.9 Å². The van der Waals surface area contributed by atoms with Gasteiger partial charge in [-0.3, -0.25) is 9.78 Å². The molecule has 0 amide bonds. The van der Waals surface area contributed by atoms with Gasteiger partial charge in [-0.2, -0.15) is 9.61 Å². The molecule has 0 atom stereocenters. The van der Waals surface area contributed by atoms with Gasteiger partial charge in [-0.25, -0.2) is 4.98 Å². The predicted octanol–water partition coefficient (Wildman–Crippen LogP) is 2.61. The van der Waals surface area contributed by atoms with E-state index in [-0.39, 0.29) is 12.2 Å². The van der Waals surface area contributed by atoms with Gasteiger partial charge in [0.25, 0.3) is 0 Å². The third-order valence-electron chi connectivity index (χ3n) is 5.21. The smallest absolute Gasteiger partial charge is 0.307 e. The van der Waals surface area contributed by atoms with Crippen molar-refractivity contribution in [1.82, 2.24) is 19.6 Å². The van der Waals surface area contributed by atoms with Crippen LogP contribution in [0.3, 0.4) is 0 Å². The molecule has 3 N–H and O–H groups in total. The van der Waals surface area contributed by atoms with Crippen molar-refractivity contribution in [3.05, 3.63) is 72.6 Å². The molecule has 2 aromatic carbocycles. The summed E-state index contributed by atoms with van der Waals surface area (Å²) in [4.78, 5) is 20.2. The highest BCUT2D eigenvalue weighted by atomic mass is 16.4. The molecule has 0 aliphatic carbocycles. The van der Waals surface area contributed by atoms with Crippen LogP contribution in [0.4, 0.5) is 5.82 Å². The Morgan fingerprint density at radius 3 is 2.61 bits per heavy atom. The lowest BCUT2D eigenvalue weighted by molar-refractivity contribution is -0.136. The number of carbonyl (C=O) groups is 1. The molecule has 0 aliphatic heterocycles. The molecule has 3 aromatic heterocycles. The number of hydrogen-bond acceptors (Lipinski definition) is 5. The van der Waals surface area contributed by atoms with Crippen LogP contribution in [0.5, 0.6) is 0 Å². The molecule has 0 saturated carbocycles. The first-order chi connectivity index (χ1) is 15.0. The first-order valence-electron chi connectivity index (χ1n) is 9.60. The summed E-state index contributed by atoms with van der Waals surface area (Å²) in [7, 11) is 6.27. The second kappa shape index (κ2) is 7.25. The molecule has 0 unspecified atom stereocenters. The Morgan fingerprint density at radius 1 is 1.06 bits per heavy atom. The SMILES string of the molecule is [B]c1c(-c2ccc(CC(=O)O)cc2)nc2c(-c3cnc4ccccc4c3)cnn2c1N. The average molecular weight is 405 g/mol. The van der Waals surface area contributed by atoms with Crippen LogP contribution in [0.15, 0.2) is 67.0 Å². The minimum atomic E-state index is -0.885. The van der Waals surface area contributed by atoms with E-state index in [1.165, 1.54) is 4.52 Å². The van der Waals surface area contributed by atoms with Crippen molar-refractivity contribution in [2.24, 2.45) is 0 Å². The van der Waals surface area contributed by atoms with Gasteiger partial charge in [0.1, 0.15) is 13.7 Å². The third kappa shape index (κ3) is 3.28. The summed E-state index contributed by atoms with van der Waals surface area (Å²) in [6, 6.07) is 17.0. The second-order valence-electron chi connectivity index (χ2n) is 7.24. The van der Waals surface area contributed by atoms with Crippen molar-refractivity contribution in [3.63, 3.8) is 0 Å². The zero-order chi connectivity index (χ0) is 21.5. The number of benzene rings is 2. The Labute approximate surface area is 178 Å². The summed E-state index contributed by atoms with van der Waals surface area (Å²) >= 11 is 0. The lowest BCUT2D eigenvalue weighted by Crippen LogP contribution is -2.20. The van der Waals surface area contributed by atoms with Gasteiger partial charge in [0.2, 0.25) is 0 Å². The van der Waals surface area contributed by atoms with Crippen LogP contribution < -0.4 is 11.2 Å². The summed E-state index contributed by atoms with van der Waals surface area (Å²) in [6.45, 7) is 0. The van der Waals surface area contributed by atoms with E-state index in [4.69, 9.17) is 23.7 Å². The van der Waals surface area contributed by atoms with E-state index in [0.29, 0.717) is 22.4 Å². The van der Waals surface area contributed by atoms with E-state index in [0.717, 1.165) is 27.6 Å². The third-order valence-corrected chi connectivity index (χ3v) is 5.21. The molecule has 0 spiro atoms. The molecule has 5 aromatic rings. The van der Waals surface area contributed by atoms with Gasteiger partial charge >= 0.3 is 5.97 Å². The van der Waals surface area contributed by atoms with E-state index < -0.39 is 5.97 Å². The standard InChI is InChI=1S/C23H16BN5O2/c24-20-21(14-7-5-13(6-8-14)9-19(30)31)28-23-17(12-27-29(23)22(20)25)16-10-15-3-1-2-4-18(15)26-11-16/h1-8,10-12H,9,25H2,(H,30,31). The summed E-state index contributed by atoms with van der Waals surface area (Å²) in [5.41, 5.74) is 11.7. The summed E-state index contributed by atoms with van der Waals surface area (Å²) < 4.78 is 1.52. The van der Waals surface area contributed by atoms with E-state index in [9.17, 15) is 4.79 Å². The van der Waals surface area contributed by atoms with Gasteiger partial charge in [0.15, 0.2) is 5.65 Å². The molecular weight excluding hydrogens is 389 g/mol. The zero-order valence-corrected chi connectivity index (χ0v) is 16.4. The largest absolute Gasteiger partial charge is 0.481 e. The minimum absolute atomic E-state index is 0.0495. The summed E-state index contributed by atoms with van der Waals surface area (Å²) in [5.74, 6) is -0.599. The van der Waals surface area contributed by atoms with Crippen LogP contribution >= 0.6 is 0 Å². The van der Waals surface area contributed by atoms with Crippen molar-refractivity contribution in [1.29, 1.82) is 0 Å². The van der Waals surface area contributed by atoms with Crippen molar-refractivity contribution >= 4 is 41.6 Å². The topological polar surface area (TPSA) is 106 Å². The average Bonchev–Trinajstić information content (AvgIpc) is 3.20. The van der Waals surface area contributed by atoms with Crippen molar-refractivity contribution < 1.29 is 9.90 Å². The molecule has 0 saturated heterocycles. The number of aromatic nitrogens is 4. The minimum Gasteiger partial charge on any atom is -0.481 e. The number of anilines is 1. The molecule has 148 valence electrons. The van der Waals surface area contributed by atoms with E-state index >= 15 is 0 Å². The summed E-state index contributed by atoms with van der Waals surface area (Å²) in [5, 5.41) is 14.4. The van der Waals surface area contributed by atoms with E-state index in [2.05, 4.69) is 10.1 Å². The van der Waals surface area contributed by atoms with Crippen LogP contribution in [-0.4, -0.2) is 38.5 Å². The first-order valence-corrected chi connectivity index (χ1v) is 9.60. The Morgan fingerprint density at radius 2 is 1.84 bits per heavy atom. The molecule has 0 aliphatic rings. The van der Waals surface area contributed by atoms with Gasteiger partial charge in [0, 0.05) is 22.7 Å². The van der Waals surface area contributed by atoms with Gasteiger partial charge < -0.3 is 10.8 Å². The summed E-state index contributed by atoms with van der Waals surface area (Å²) in [6.07, 6.45) is 3.43. The Bertz CT molecular complexity index is 1460. The van der Waals surface area contributed by atoms with Crippen molar-refractivity contribution in [2.45, 2.75) is 6.42 Å². The lowest BCUT2D eigenvalue weighted by Gasteiger charge is -2.12. The molecule has 5 rings (SSSR count). The van der Waals surface area contributed by atoms with Crippen LogP contribution in [0, 0.1) is 0 Å². The number of pyridine rings is 1. The fourth-order valence-electron chi connectivity index (χ4n) is 3.62. The van der Waals surface area contributed by atoms with Crippen LogP contribution in [-0.2, 0) is 11.2 Å². The maximum Gasteiger partial charge on any atom is 0.307 e. The molecule has 2 radical (unpaired) electrons. The van der Waals surface area contributed by atoms with Gasteiger partial charge in [0.05, 0.1) is 23.8 Å². The number of nitrogens with zero attached hydrogens (tertiary/aromatic N) is 4. The Hall–Kier alpha value is -4.20. The van der Waals surface area contributed by atoms with Crippen molar-refractivity contribution in [3.8, 4) is 22.4 Å². The predicted molar refractivity (Wildman–Crippen MR) is 120 cm³/mol. The maximum atomic E-state index is 10.9. The number of hydrogen-bond donors (Lipinski definition) is 2. The van der Waals surface area contributed by atoms with Crippen LogP contribution in [0.2, 0.25) is 0 Å². The maximum absolute atomic E-state index is 10.9. The Kier molecular flexibility index (Phi) is 4.40. The van der Waals surface area contributed by atoms with E-state index in [1.54, 1.807) is 36.7 Å². The number of carboxylic acids is 1. The molecule has 3 heterocycles. The number of para-hydroxylation sites is 1. The quantitative estimate of drug-likeness (QED) is 0.446. The molecule has 8 heteroatoms. The highest BCUT2D eigenvalue weighted by molar-refractivity contribution is 6.38. The second-order valence-corrected chi connectivity index (χ2v) is 7.24. The monoisotopic (exact) mass is 405 g/mol. The lowest BCUT2D eigenvalue weighted by atomic mass is 9.90.